The SMILES string of the molecule is CCCCCCCCOc1ccc(-c2ccc(-c3ccc4c(c3)C(C(F)(F)C(F)(F)CCCCCC)(C(F)(F)C(F)(F)CCCCCC)c3cc(-c5ccc(-c6ccc(O)cc6)cc5)ccc3-4)cc2)cc1. The Hall–Kier alpha value is -5.64. The Labute approximate surface area is 414 Å². The van der Waals surface area contributed by atoms with Crippen LogP contribution in [0.3, 0.4) is 0 Å². The molecule has 0 radical (unpaired) electrons. The second-order valence-electron chi connectivity index (χ2n) is 19.3. The molecule has 0 aliphatic heterocycles. The number of unbranched alkanes of at least 4 members (excludes halogenated alkanes) is 11. The maximum atomic E-state index is 18.1. The maximum absolute atomic E-state index is 18.1. The Kier molecular flexibility index (Phi) is 17.1. The number of hydrogen-bond acceptors (Lipinski definition) is 2. The molecule has 0 fully saturated rings. The molecule has 6 aromatic carbocycles. The van der Waals surface area contributed by atoms with Crippen molar-refractivity contribution in [1.82, 2.24) is 0 Å². The topological polar surface area (TPSA) is 29.5 Å². The molecule has 0 spiro atoms. The maximum Gasteiger partial charge on any atom is 0.329 e. The van der Waals surface area contributed by atoms with E-state index in [9.17, 15) is 5.11 Å². The zero-order valence-corrected chi connectivity index (χ0v) is 41.1. The van der Waals surface area contributed by atoms with Crippen molar-refractivity contribution in [3.8, 4) is 67.1 Å². The van der Waals surface area contributed by atoms with Gasteiger partial charge in [-0.2, -0.15) is 35.1 Å². The number of aromatic hydroxyl groups is 1. The van der Waals surface area contributed by atoms with Crippen LogP contribution in [-0.4, -0.2) is 35.4 Å². The molecule has 10 heteroatoms. The van der Waals surface area contributed by atoms with Crippen LogP contribution >= 0.6 is 0 Å². The Morgan fingerprint density at radius 3 is 1.08 bits per heavy atom. The van der Waals surface area contributed by atoms with Gasteiger partial charge in [0.25, 0.3) is 0 Å². The van der Waals surface area contributed by atoms with Gasteiger partial charge in [-0.1, -0.05) is 188 Å². The van der Waals surface area contributed by atoms with Crippen LogP contribution < -0.4 is 4.74 Å². The molecule has 1 aliphatic carbocycles. The third kappa shape index (κ3) is 10.9. The van der Waals surface area contributed by atoms with Crippen molar-refractivity contribution in [1.29, 1.82) is 0 Å². The Morgan fingerprint density at radius 2 is 0.690 bits per heavy atom. The predicted molar refractivity (Wildman–Crippen MR) is 272 cm³/mol. The normalized spacial score (nSPS) is 13.6. The minimum Gasteiger partial charge on any atom is -0.508 e. The number of phenolic OH excluding ortho intramolecular Hbond substituents is 1. The molecule has 0 heterocycles. The zero-order valence-electron chi connectivity index (χ0n) is 41.1. The van der Waals surface area contributed by atoms with E-state index < -0.39 is 65.9 Å². The summed E-state index contributed by atoms with van der Waals surface area (Å²) in [5.74, 6) is -21.0. The smallest absolute Gasteiger partial charge is 0.329 e. The molecular formula is C61H66F8O2. The number of fused-ring (bicyclic) bond motifs is 3. The molecule has 0 amide bonds. The quantitative estimate of drug-likeness (QED) is 0.0433. The summed E-state index contributed by atoms with van der Waals surface area (Å²) in [6.45, 7) is 6.41. The van der Waals surface area contributed by atoms with Crippen molar-refractivity contribution >= 4 is 0 Å². The highest BCUT2D eigenvalue weighted by Crippen LogP contribution is 2.70. The lowest BCUT2D eigenvalue weighted by Crippen LogP contribution is -2.69. The van der Waals surface area contributed by atoms with Crippen LogP contribution in [0, 0.1) is 0 Å². The molecule has 0 bridgehead atoms. The van der Waals surface area contributed by atoms with Gasteiger partial charge in [-0.15, -0.1) is 0 Å². The fourth-order valence-electron chi connectivity index (χ4n) is 10.1. The average Bonchev–Trinajstić information content (AvgIpc) is 3.67. The summed E-state index contributed by atoms with van der Waals surface area (Å²) < 4.78 is 146. The average molecular weight is 983 g/mol. The molecule has 378 valence electrons. The van der Waals surface area contributed by atoms with Crippen molar-refractivity contribution in [2.45, 2.75) is 153 Å². The lowest BCUT2D eigenvalue weighted by Gasteiger charge is -2.49. The standard InChI is InChI=1S/C61H66F8O2/c1-4-7-10-13-14-17-40-71-52-34-28-46(29-35-52)44-20-24-48(25-21-44)50-31-37-54-53-36-30-49(47-22-18-43(19-23-47)45-26-32-51(70)33-27-45)41-55(53)59(56(54)42-50,60(66,67)57(62,63)38-15-11-8-5-2)61(68,69)58(64,65)39-16-12-9-6-3/h18-37,41-42,70H,4-17,38-40H2,1-3H3. The van der Waals surface area contributed by atoms with Crippen molar-refractivity contribution in [3.63, 3.8) is 0 Å². The van der Waals surface area contributed by atoms with Crippen LogP contribution in [0.25, 0.3) is 55.6 Å². The molecule has 0 saturated carbocycles. The van der Waals surface area contributed by atoms with Gasteiger partial charge in [0.15, 0.2) is 5.41 Å². The lowest BCUT2D eigenvalue weighted by molar-refractivity contribution is -0.324. The van der Waals surface area contributed by atoms with Gasteiger partial charge in [0, 0.05) is 12.8 Å². The summed E-state index contributed by atoms with van der Waals surface area (Å²) in [6, 6.07) is 35.1. The van der Waals surface area contributed by atoms with E-state index in [0.29, 0.717) is 49.0 Å². The molecule has 0 aromatic heterocycles. The van der Waals surface area contributed by atoms with E-state index in [-0.39, 0.29) is 40.8 Å². The molecule has 0 atom stereocenters. The van der Waals surface area contributed by atoms with Gasteiger partial charge in [-0.25, -0.2) is 0 Å². The number of benzene rings is 6. The zero-order chi connectivity index (χ0) is 50.9. The predicted octanol–water partition coefficient (Wildman–Crippen LogP) is 19.5. The van der Waals surface area contributed by atoms with Crippen molar-refractivity contribution in [3.05, 3.63) is 145 Å². The van der Waals surface area contributed by atoms with Gasteiger partial charge in [-0.05, 0) is 122 Å². The highest BCUT2D eigenvalue weighted by atomic mass is 19.3. The lowest BCUT2D eigenvalue weighted by atomic mass is 9.63. The Balaban J connectivity index is 1.33. The second kappa shape index (κ2) is 22.8. The summed E-state index contributed by atoms with van der Waals surface area (Å²) >= 11 is 0. The van der Waals surface area contributed by atoms with Gasteiger partial charge in [-0.3, -0.25) is 0 Å². The summed E-state index contributed by atoms with van der Waals surface area (Å²) in [6.07, 6.45) is 5.44. The van der Waals surface area contributed by atoms with Crippen molar-refractivity contribution < 1.29 is 45.0 Å². The number of ether oxygens (including phenoxy) is 1. The number of phenols is 1. The van der Waals surface area contributed by atoms with E-state index in [1.807, 2.05) is 38.1 Å². The van der Waals surface area contributed by atoms with E-state index in [1.54, 1.807) is 60.7 Å². The van der Waals surface area contributed by atoms with Crippen LogP contribution in [0.4, 0.5) is 35.1 Å². The minimum atomic E-state index is -5.74. The van der Waals surface area contributed by atoms with Gasteiger partial charge in [0.1, 0.15) is 11.5 Å². The fourth-order valence-corrected chi connectivity index (χ4v) is 10.1. The molecule has 1 aliphatic rings. The summed E-state index contributed by atoms with van der Waals surface area (Å²) in [7, 11) is 0. The molecule has 2 nitrogen and oxygen atoms in total. The Bertz CT molecular complexity index is 2600. The molecule has 71 heavy (non-hydrogen) atoms. The van der Waals surface area contributed by atoms with E-state index >= 15 is 35.1 Å². The van der Waals surface area contributed by atoms with Gasteiger partial charge < -0.3 is 9.84 Å². The highest BCUT2D eigenvalue weighted by molar-refractivity contribution is 5.88. The van der Waals surface area contributed by atoms with Crippen LogP contribution in [0.2, 0.25) is 0 Å². The first-order valence-electron chi connectivity index (χ1n) is 25.6. The number of halogens is 8. The van der Waals surface area contributed by atoms with Crippen LogP contribution in [0.15, 0.2) is 133 Å². The van der Waals surface area contributed by atoms with Gasteiger partial charge >= 0.3 is 23.7 Å². The summed E-state index contributed by atoms with van der Waals surface area (Å²) in [5.41, 5.74) is -2.89. The first kappa shape index (κ1) is 53.2. The fraction of sp³-hybridized carbons (Fsp3) is 0.410. The van der Waals surface area contributed by atoms with Crippen LogP contribution in [0.5, 0.6) is 11.5 Å². The number of hydrogen-bond donors (Lipinski definition) is 1. The van der Waals surface area contributed by atoms with Gasteiger partial charge in [0.2, 0.25) is 0 Å². The van der Waals surface area contributed by atoms with Crippen molar-refractivity contribution in [2.24, 2.45) is 0 Å². The van der Waals surface area contributed by atoms with Crippen molar-refractivity contribution in [2.75, 3.05) is 6.61 Å². The molecular weight excluding hydrogens is 917 g/mol. The molecule has 7 rings (SSSR count). The third-order valence-electron chi connectivity index (χ3n) is 14.3. The van der Waals surface area contributed by atoms with Crippen LogP contribution in [0.1, 0.15) is 135 Å². The highest BCUT2D eigenvalue weighted by Gasteiger charge is 2.85. The van der Waals surface area contributed by atoms with Gasteiger partial charge in [0.05, 0.1) is 6.61 Å². The van der Waals surface area contributed by atoms with E-state index in [4.69, 9.17) is 4.74 Å². The second-order valence-corrected chi connectivity index (χ2v) is 19.3. The minimum absolute atomic E-state index is 0.0614. The first-order valence-corrected chi connectivity index (χ1v) is 25.6. The molecule has 0 unspecified atom stereocenters. The van der Waals surface area contributed by atoms with E-state index in [0.717, 1.165) is 47.4 Å². The third-order valence-corrected chi connectivity index (χ3v) is 14.3. The monoisotopic (exact) mass is 982 g/mol. The van der Waals surface area contributed by atoms with Crippen LogP contribution in [-0.2, 0) is 5.41 Å². The molecule has 0 saturated heterocycles. The Morgan fingerprint density at radius 1 is 0.380 bits per heavy atom. The summed E-state index contributed by atoms with van der Waals surface area (Å²) in [5, 5.41) is 9.79. The van der Waals surface area contributed by atoms with E-state index in [2.05, 4.69) is 6.92 Å². The van der Waals surface area contributed by atoms with E-state index in [1.165, 1.54) is 62.1 Å². The molecule has 1 N–H and O–H groups in total. The largest absolute Gasteiger partial charge is 0.508 e. The summed E-state index contributed by atoms with van der Waals surface area (Å²) in [4.78, 5) is 0. The number of rotatable bonds is 26. The molecule has 6 aromatic rings. The number of alkyl halides is 8. The first-order chi connectivity index (χ1) is 34.0.